The number of nitrogens with one attached hydrogen (secondary N) is 1. The molecule has 0 bridgehead atoms. The molecule has 0 aliphatic carbocycles. The van der Waals surface area contributed by atoms with Crippen molar-refractivity contribution in [3.05, 3.63) is 58.1 Å². The molecule has 0 aliphatic rings. The van der Waals surface area contributed by atoms with Gasteiger partial charge >= 0.3 is 0 Å². The van der Waals surface area contributed by atoms with E-state index >= 15 is 0 Å². The van der Waals surface area contributed by atoms with Crippen molar-refractivity contribution < 1.29 is 18.3 Å². The van der Waals surface area contributed by atoms with Crippen LogP contribution in [0.3, 0.4) is 0 Å². The van der Waals surface area contributed by atoms with Crippen molar-refractivity contribution >= 4 is 27.5 Å². The van der Waals surface area contributed by atoms with Crippen molar-refractivity contribution in [2.24, 2.45) is 0 Å². The van der Waals surface area contributed by atoms with E-state index in [0.29, 0.717) is 15.9 Å². The predicted octanol–water partition coefficient (Wildman–Crippen LogP) is 3.99. The van der Waals surface area contributed by atoms with Crippen LogP contribution >= 0.6 is 15.9 Å². The Kier molecular flexibility index (Phi) is 4.34. The molecule has 0 saturated heterocycles. The van der Waals surface area contributed by atoms with Crippen molar-refractivity contribution in [2.45, 2.75) is 0 Å². The molecule has 0 atom stereocenters. The SMILES string of the molecule is COc1ccc(Br)cc1NC(=O)c1cccc(F)c1F. The summed E-state index contributed by atoms with van der Waals surface area (Å²) in [5, 5.41) is 2.49. The molecule has 2 rings (SSSR count). The van der Waals surface area contributed by atoms with Gasteiger partial charge in [0, 0.05) is 4.47 Å². The Balaban J connectivity index is 2.32. The molecule has 0 saturated carbocycles. The highest BCUT2D eigenvalue weighted by Crippen LogP contribution is 2.28. The van der Waals surface area contributed by atoms with E-state index in [-0.39, 0.29) is 5.56 Å². The van der Waals surface area contributed by atoms with E-state index in [2.05, 4.69) is 21.2 Å². The largest absolute Gasteiger partial charge is 0.495 e. The van der Waals surface area contributed by atoms with E-state index in [9.17, 15) is 13.6 Å². The van der Waals surface area contributed by atoms with Crippen LogP contribution in [0.1, 0.15) is 10.4 Å². The molecule has 6 heteroatoms. The topological polar surface area (TPSA) is 38.3 Å². The second kappa shape index (κ2) is 6.00. The molecule has 20 heavy (non-hydrogen) atoms. The fraction of sp³-hybridized carbons (Fsp3) is 0.0714. The number of carbonyl (C=O) groups is 1. The second-order valence-electron chi connectivity index (χ2n) is 3.90. The van der Waals surface area contributed by atoms with Gasteiger partial charge in [-0.1, -0.05) is 22.0 Å². The summed E-state index contributed by atoms with van der Waals surface area (Å²) in [7, 11) is 1.45. The predicted molar refractivity (Wildman–Crippen MR) is 75.0 cm³/mol. The minimum atomic E-state index is -1.18. The number of methoxy groups -OCH3 is 1. The smallest absolute Gasteiger partial charge is 0.258 e. The maximum Gasteiger partial charge on any atom is 0.258 e. The highest BCUT2D eigenvalue weighted by atomic mass is 79.9. The number of hydrogen-bond donors (Lipinski definition) is 1. The molecule has 2 aromatic rings. The summed E-state index contributed by atoms with van der Waals surface area (Å²) in [5.41, 5.74) is -0.0115. The monoisotopic (exact) mass is 341 g/mol. The Morgan fingerprint density at radius 2 is 2.00 bits per heavy atom. The van der Waals surface area contributed by atoms with E-state index in [0.717, 1.165) is 6.07 Å². The first-order chi connectivity index (χ1) is 9.52. The van der Waals surface area contributed by atoms with E-state index in [1.165, 1.54) is 19.2 Å². The Morgan fingerprint density at radius 3 is 2.70 bits per heavy atom. The molecular formula is C14H10BrF2NO2. The van der Waals surface area contributed by atoms with Crippen LogP contribution in [0.15, 0.2) is 40.9 Å². The van der Waals surface area contributed by atoms with Gasteiger partial charge in [-0.25, -0.2) is 8.78 Å². The first-order valence-electron chi connectivity index (χ1n) is 5.62. The lowest BCUT2D eigenvalue weighted by atomic mass is 10.2. The first kappa shape index (κ1) is 14.5. The van der Waals surface area contributed by atoms with E-state index in [1.54, 1.807) is 18.2 Å². The molecule has 3 nitrogen and oxygen atoms in total. The standard InChI is InChI=1S/C14H10BrF2NO2/c1-20-12-6-5-8(15)7-11(12)18-14(19)9-3-2-4-10(16)13(9)17/h2-7H,1H3,(H,18,19). The zero-order valence-corrected chi connectivity index (χ0v) is 12.0. The van der Waals surface area contributed by atoms with Gasteiger partial charge in [-0.15, -0.1) is 0 Å². The van der Waals surface area contributed by atoms with Crippen LogP contribution in [-0.2, 0) is 0 Å². The molecule has 2 aromatic carbocycles. The normalized spacial score (nSPS) is 10.2. The number of halogens is 3. The molecule has 0 aliphatic heterocycles. The summed E-state index contributed by atoms with van der Waals surface area (Å²) in [6.45, 7) is 0. The molecule has 0 unspecified atom stereocenters. The highest BCUT2D eigenvalue weighted by Gasteiger charge is 2.16. The van der Waals surface area contributed by atoms with Crippen molar-refractivity contribution in [3.8, 4) is 5.75 Å². The fourth-order valence-corrected chi connectivity index (χ4v) is 2.01. The fourth-order valence-electron chi connectivity index (χ4n) is 1.65. The third-order valence-corrected chi connectivity index (χ3v) is 3.10. The van der Waals surface area contributed by atoms with Crippen LogP contribution in [0.2, 0.25) is 0 Å². The van der Waals surface area contributed by atoms with Crippen molar-refractivity contribution in [1.29, 1.82) is 0 Å². The van der Waals surface area contributed by atoms with Gasteiger partial charge in [0.1, 0.15) is 5.75 Å². The number of hydrogen-bond acceptors (Lipinski definition) is 2. The van der Waals surface area contributed by atoms with Crippen molar-refractivity contribution in [2.75, 3.05) is 12.4 Å². The molecule has 0 aromatic heterocycles. The van der Waals surface area contributed by atoms with Gasteiger partial charge in [0.2, 0.25) is 0 Å². The van der Waals surface area contributed by atoms with Crippen molar-refractivity contribution in [1.82, 2.24) is 0 Å². The highest BCUT2D eigenvalue weighted by molar-refractivity contribution is 9.10. The van der Waals surface area contributed by atoms with Gasteiger partial charge in [0.05, 0.1) is 18.4 Å². The Hall–Kier alpha value is -1.95. The average molecular weight is 342 g/mol. The molecule has 0 heterocycles. The number of rotatable bonds is 3. The third kappa shape index (κ3) is 2.96. The van der Waals surface area contributed by atoms with Crippen LogP contribution in [0.4, 0.5) is 14.5 Å². The number of amides is 1. The van der Waals surface area contributed by atoms with Gasteiger partial charge in [-0.2, -0.15) is 0 Å². The van der Waals surface area contributed by atoms with Crippen LogP contribution in [0, 0.1) is 11.6 Å². The lowest BCUT2D eigenvalue weighted by Gasteiger charge is -2.11. The quantitative estimate of drug-likeness (QED) is 0.916. The lowest BCUT2D eigenvalue weighted by Crippen LogP contribution is -2.15. The minimum Gasteiger partial charge on any atom is -0.495 e. The van der Waals surface area contributed by atoms with Gasteiger partial charge in [0.15, 0.2) is 11.6 Å². The zero-order chi connectivity index (χ0) is 14.7. The zero-order valence-electron chi connectivity index (χ0n) is 10.4. The summed E-state index contributed by atoms with van der Waals surface area (Å²) in [4.78, 5) is 12.0. The number of anilines is 1. The van der Waals surface area contributed by atoms with Crippen LogP contribution in [0.25, 0.3) is 0 Å². The molecule has 0 radical (unpaired) electrons. The average Bonchev–Trinajstić information content (AvgIpc) is 2.42. The summed E-state index contributed by atoms with van der Waals surface area (Å²) in [5.74, 6) is -2.59. The molecule has 0 fully saturated rings. The summed E-state index contributed by atoms with van der Waals surface area (Å²) >= 11 is 3.26. The van der Waals surface area contributed by atoms with Crippen LogP contribution in [-0.4, -0.2) is 13.0 Å². The van der Waals surface area contributed by atoms with Gasteiger partial charge in [0.25, 0.3) is 5.91 Å². The first-order valence-corrected chi connectivity index (χ1v) is 6.41. The molecule has 0 spiro atoms. The number of ether oxygens (including phenoxy) is 1. The minimum absolute atomic E-state index is 0.357. The summed E-state index contributed by atoms with van der Waals surface area (Å²) in [6.07, 6.45) is 0. The van der Waals surface area contributed by atoms with E-state index < -0.39 is 17.5 Å². The van der Waals surface area contributed by atoms with Crippen LogP contribution < -0.4 is 10.1 Å². The van der Waals surface area contributed by atoms with E-state index in [4.69, 9.17) is 4.74 Å². The third-order valence-electron chi connectivity index (χ3n) is 2.61. The molecule has 1 N–H and O–H groups in total. The number of carbonyl (C=O) groups excluding carboxylic acids is 1. The molecular weight excluding hydrogens is 332 g/mol. The summed E-state index contributed by atoms with van der Waals surface area (Å²) < 4.78 is 32.4. The molecule has 104 valence electrons. The van der Waals surface area contributed by atoms with Gasteiger partial charge in [-0.05, 0) is 30.3 Å². The Bertz CT molecular complexity index is 662. The maximum absolute atomic E-state index is 13.5. The van der Waals surface area contributed by atoms with Gasteiger partial charge in [-0.3, -0.25) is 4.79 Å². The Morgan fingerprint density at radius 1 is 1.25 bits per heavy atom. The maximum atomic E-state index is 13.5. The molecule has 1 amide bonds. The Labute approximate surface area is 122 Å². The number of benzene rings is 2. The van der Waals surface area contributed by atoms with Crippen LogP contribution in [0.5, 0.6) is 5.75 Å². The summed E-state index contributed by atoms with van der Waals surface area (Å²) in [6, 6.07) is 8.41. The van der Waals surface area contributed by atoms with E-state index in [1.807, 2.05) is 0 Å². The van der Waals surface area contributed by atoms with Gasteiger partial charge < -0.3 is 10.1 Å². The van der Waals surface area contributed by atoms with Crippen molar-refractivity contribution in [3.63, 3.8) is 0 Å². The second-order valence-corrected chi connectivity index (χ2v) is 4.82. The lowest BCUT2D eigenvalue weighted by molar-refractivity contribution is 0.102.